The molecule has 0 N–H and O–H groups in total. The molecule has 0 radical (unpaired) electrons. The van der Waals surface area contributed by atoms with Crippen molar-refractivity contribution in [1.82, 2.24) is 9.80 Å². The number of methoxy groups -OCH3 is 1. The van der Waals surface area contributed by atoms with Crippen LogP contribution in [0.3, 0.4) is 0 Å². The van der Waals surface area contributed by atoms with E-state index in [1.807, 2.05) is 13.8 Å². The maximum atomic E-state index is 5.07. The second kappa shape index (κ2) is 14.9. The van der Waals surface area contributed by atoms with Gasteiger partial charge in [0.1, 0.15) is 0 Å². The van der Waals surface area contributed by atoms with E-state index >= 15 is 0 Å². The number of ether oxygens (including phenoxy) is 1. The molecular formula is C13H32N2O. The summed E-state index contributed by atoms with van der Waals surface area (Å²) in [6.45, 7) is 14.9. The molecule has 0 aromatic carbocycles. The Kier molecular flexibility index (Phi) is 17.0. The summed E-state index contributed by atoms with van der Waals surface area (Å²) in [5, 5.41) is 0. The van der Waals surface area contributed by atoms with Gasteiger partial charge in [-0.3, -0.25) is 0 Å². The largest absolute Gasteiger partial charge is 0.383 e. The lowest BCUT2D eigenvalue weighted by molar-refractivity contribution is 0.143. The zero-order chi connectivity index (χ0) is 12.8. The molecule has 0 aliphatic rings. The van der Waals surface area contributed by atoms with Crippen molar-refractivity contribution in [2.45, 2.75) is 34.1 Å². The summed E-state index contributed by atoms with van der Waals surface area (Å²) in [4.78, 5) is 4.81. The molecule has 0 atom stereocenters. The molecule has 0 aliphatic heterocycles. The zero-order valence-electron chi connectivity index (χ0n) is 12.3. The molecule has 3 nitrogen and oxygen atoms in total. The third-order valence-electron chi connectivity index (χ3n) is 2.46. The fourth-order valence-corrected chi connectivity index (χ4v) is 1.45. The fraction of sp³-hybridized carbons (Fsp3) is 1.00. The van der Waals surface area contributed by atoms with Crippen LogP contribution in [0.5, 0.6) is 0 Å². The Hall–Kier alpha value is -0.120. The molecule has 16 heavy (non-hydrogen) atoms. The van der Waals surface area contributed by atoms with Crippen LogP contribution in [0.4, 0.5) is 0 Å². The normalized spacial score (nSPS) is 10.5. The van der Waals surface area contributed by atoms with Crippen molar-refractivity contribution in [3.8, 4) is 0 Å². The molecule has 0 unspecified atom stereocenters. The summed E-state index contributed by atoms with van der Waals surface area (Å²) in [5.74, 6) is 0. The van der Waals surface area contributed by atoms with Gasteiger partial charge in [-0.1, -0.05) is 27.7 Å². The van der Waals surface area contributed by atoms with Gasteiger partial charge in [-0.2, -0.15) is 0 Å². The number of nitrogens with zero attached hydrogens (tertiary/aromatic N) is 2. The predicted octanol–water partition coefficient (Wildman–Crippen LogP) is 2.32. The van der Waals surface area contributed by atoms with E-state index in [1.165, 1.54) is 13.0 Å². The molecular weight excluding hydrogens is 200 g/mol. The lowest BCUT2D eigenvalue weighted by Crippen LogP contribution is -2.35. The summed E-state index contributed by atoms with van der Waals surface area (Å²) in [6.07, 6.45) is 1.24. The van der Waals surface area contributed by atoms with Gasteiger partial charge in [0.25, 0.3) is 0 Å². The Morgan fingerprint density at radius 1 is 0.938 bits per heavy atom. The minimum Gasteiger partial charge on any atom is -0.383 e. The first kappa shape index (κ1) is 18.3. The summed E-state index contributed by atoms with van der Waals surface area (Å²) in [7, 11) is 3.95. The zero-order valence-corrected chi connectivity index (χ0v) is 12.3. The van der Waals surface area contributed by atoms with Gasteiger partial charge in [0.15, 0.2) is 0 Å². The smallest absolute Gasteiger partial charge is 0.0589 e. The van der Waals surface area contributed by atoms with Crippen LogP contribution in [0.2, 0.25) is 0 Å². The van der Waals surface area contributed by atoms with E-state index in [0.29, 0.717) is 0 Å². The number of rotatable bonds is 9. The van der Waals surface area contributed by atoms with Crippen molar-refractivity contribution in [1.29, 1.82) is 0 Å². The Morgan fingerprint density at radius 2 is 1.56 bits per heavy atom. The van der Waals surface area contributed by atoms with E-state index in [0.717, 1.165) is 32.8 Å². The Morgan fingerprint density at radius 3 is 2.00 bits per heavy atom. The Labute approximate surface area is 103 Å². The molecule has 0 spiro atoms. The van der Waals surface area contributed by atoms with Crippen molar-refractivity contribution in [3.63, 3.8) is 0 Å². The quantitative estimate of drug-likeness (QED) is 0.607. The Bertz CT molecular complexity index is 121. The van der Waals surface area contributed by atoms with Gasteiger partial charge in [-0.25, -0.2) is 0 Å². The summed E-state index contributed by atoms with van der Waals surface area (Å²) in [5.41, 5.74) is 0. The molecule has 0 aliphatic carbocycles. The van der Waals surface area contributed by atoms with E-state index in [2.05, 4.69) is 30.7 Å². The van der Waals surface area contributed by atoms with Crippen LogP contribution >= 0.6 is 0 Å². The summed E-state index contributed by atoms with van der Waals surface area (Å²) >= 11 is 0. The van der Waals surface area contributed by atoms with Crippen LogP contribution in [-0.2, 0) is 4.74 Å². The third kappa shape index (κ3) is 12.0. The number of likely N-dealkylation sites (N-methyl/N-ethyl adjacent to an activating group) is 2. The van der Waals surface area contributed by atoms with Crippen LogP contribution < -0.4 is 0 Å². The molecule has 0 amide bonds. The minimum atomic E-state index is 0.839. The van der Waals surface area contributed by atoms with Gasteiger partial charge in [0.05, 0.1) is 6.61 Å². The standard InChI is InChI=1S/C11H26N2O.C2H6/c1-5-7-12(3)8-9-13(6-2)10-11-14-4;1-2/h5-11H2,1-4H3;1-2H3. The maximum absolute atomic E-state index is 5.07. The minimum absolute atomic E-state index is 0.839. The SMILES string of the molecule is CC.CCCN(C)CCN(CC)CCOC. The fourth-order valence-electron chi connectivity index (χ4n) is 1.45. The van der Waals surface area contributed by atoms with Crippen molar-refractivity contribution >= 4 is 0 Å². The second-order valence-electron chi connectivity index (χ2n) is 3.73. The van der Waals surface area contributed by atoms with Gasteiger partial charge in [-0.05, 0) is 26.6 Å². The molecule has 3 heteroatoms. The predicted molar refractivity (Wildman–Crippen MR) is 73.1 cm³/mol. The molecule has 0 fully saturated rings. The van der Waals surface area contributed by atoms with Crippen molar-refractivity contribution < 1.29 is 4.74 Å². The highest BCUT2D eigenvalue weighted by Crippen LogP contribution is 1.91. The van der Waals surface area contributed by atoms with E-state index < -0.39 is 0 Å². The van der Waals surface area contributed by atoms with E-state index in [4.69, 9.17) is 4.74 Å². The van der Waals surface area contributed by atoms with Crippen LogP contribution in [0.25, 0.3) is 0 Å². The van der Waals surface area contributed by atoms with Crippen molar-refractivity contribution in [2.24, 2.45) is 0 Å². The molecule has 0 saturated carbocycles. The van der Waals surface area contributed by atoms with Crippen LogP contribution in [0, 0.1) is 0 Å². The van der Waals surface area contributed by atoms with E-state index in [-0.39, 0.29) is 0 Å². The van der Waals surface area contributed by atoms with E-state index in [9.17, 15) is 0 Å². The third-order valence-corrected chi connectivity index (χ3v) is 2.46. The highest BCUT2D eigenvalue weighted by Gasteiger charge is 2.03. The van der Waals surface area contributed by atoms with E-state index in [1.54, 1.807) is 7.11 Å². The number of hydrogen-bond acceptors (Lipinski definition) is 3. The summed E-state index contributed by atoms with van der Waals surface area (Å²) < 4.78 is 5.07. The second-order valence-corrected chi connectivity index (χ2v) is 3.73. The first-order valence-electron chi connectivity index (χ1n) is 6.64. The lowest BCUT2D eigenvalue weighted by atomic mass is 10.4. The van der Waals surface area contributed by atoms with Crippen LogP contribution in [0.1, 0.15) is 34.1 Å². The average molecular weight is 232 g/mol. The topological polar surface area (TPSA) is 15.7 Å². The molecule has 0 rings (SSSR count). The van der Waals surface area contributed by atoms with Gasteiger partial charge in [-0.15, -0.1) is 0 Å². The van der Waals surface area contributed by atoms with Gasteiger partial charge >= 0.3 is 0 Å². The van der Waals surface area contributed by atoms with Crippen LogP contribution in [-0.4, -0.2) is 63.3 Å². The number of hydrogen-bond donors (Lipinski definition) is 0. The first-order valence-corrected chi connectivity index (χ1v) is 6.64. The molecule has 0 aromatic rings. The van der Waals surface area contributed by atoms with Crippen LogP contribution in [0.15, 0.2) is 0 Å². The monoisotopic (exact) mass is 232 g/mol. The molecule has 100 valence electrons. The molecule has 0 aromatic heterocycles. The lowest BCUT2D eigenvalue weighted by Gasteiger charge is -2.23. The Balaban J connectivity index is 0. The van der Waals surface area contributed by atoms with Crippen molar-refractivity contribution in [2.75, 3.05) is 53.5 Å². The maximum Gasteiger partial charge on any atom is 0.0589 e. The molecule has 0 bridgehead atoms. The average Bonchev–Trinajstić information content (AvgIpc) is 2.32. The van der Waals surface area contributed by atoms with Gasteiger partial charge < -0.3 is 14.5 Å². The highest BCUT2D eigenvalue weighted by atomic mass is 16.5. The van der Waals surface area contributed by atoms with Gasteiger partial charge in [0.2, 0.25) is 0 Å². The summed E-state index contributed by atoms with van der Waals surface area (Å²) in [6, 6.07) is 0. The molecule has 0 heterocycles. The van der Waals surface area contributed by atoms with Gasteiger partial charge in [0, 0.05) is 26.7 Å². The first-order chi connectivity index (χ1) is 7.74. The highest BCUT2D eigenvalue weighted by molar-refractivity contribution is 4.58. The molecule has 0 saturated heterocycles. The van der Waals surface area contributed by atoms with Crippen molar-refractivity contribution in [3.05, 3.63) is 0 Å².